The van der Waals surface area contributed by atoms with Crippen LogP contribution in [0.2, 0.25) is 0 Å². The Hall–Kier alpha value is -4.24. The van der Waals surface area contributed by atoms with E-state index in [2.05, 4.69) is 10.4 Å². The van der Waals surface area contributed by atoms with Gasteiger partial charge in [-0.1, -0.05) is 41.7 Å². The average molecular weight is 514 g/mol. The lowest BCUT2D eigenvalue weighted by Crippen LogP contribution is -2.40. The van der Waals surface area contributed by atoms with E-state index in [1.54, 1.807) is 16.4 Å². The van der Waals surface area contributed by atoms with E-state index in [0.29, 0.717) is 32.0 Å². The Kier molecular flexibility index (Phi) is 6.39. The second kappa shape index (κ2) is 9.67. The lowest BCUT2D eigenvalue weighted by Gasteiger charge is -2.25. The zero-order chi connectivity index (χ0) is 26.3. The summed E-state index contributed by atoms with van der Waals surface area (Å²) in [6.45, 7) is 5.65. The van der Waals surface area contributed by atoms with E-state index < -0.39 is 6.04 Å². The van der Waals surface area contributed by atoms with Crippen LogP contribution in [0.3, 0.4) is 0 Å². The first kappa shape index (κ1) is 24.5. The highest BCUT2D eigenvalue weighted by atomic mass is 32.1. The number of hydrogen-bond donors (Lipinski definition) is 1. The molecule has 0 fully saturated rings. The fraction of sp³-hybridized carbons (Fsp3) is 0.214. The van der Waals surface area contributed by atoms with Gasteiger partial charge in [0.25, 0.3) is 11.5 Å². The number of benzene rings is 2. The van der Waals surface area contributed by atoms with Crippen molar-refractivity contribution in [2.24, 2.45) is 12.0 Å². The molecule has 1 atom stereocenters. The summed E-state index contributed by atoms with van der Waals surface area (Å²) in [6.07, 6.45) is 3.71. The standard InChI is InChI=1S/C28H27N5O3S/c1-16-8-6-7-9-22(16)30-26(34)24-18(3)29-28-33(25(24)19-10-12-21(36-5)13-11-19)27(35)23(37-28)14-20-15-32(4)31-17(20)2/h6-15,25H,1-5H3,(H,30,34). The zero-order valence-corrected chi connectivity index (χ0v) is 22.1. The normalized spacial score (nSPS) is 15.4. The molecule has 0 saturated carbocycles. The van der Waals surface area contributed by atoms with Gasteiger partial charge in [-0.15, -0.1) is 0 Å². The number of nitrogens with zero attached hydrogens (tertiary/aromatic N) is 4. The van der Waals surface area contributed by atoms with E-state index in [0.717, 1.165) is 22.4 Å². The van der Waals surface area contributed by atoms with Crippen molar-refractivity contribution in [2.45, 2.75) is 26.8 Å². The van der Waals surface area contributed by atoms with Crippen LogP contribution in [-0.2, 0) is 11.8 Å². The van der Waals surface area contributed by atoms with Gasteiger partial charge in [0.05, 0.1) is 34.6 Å². The van der Waals surface area contributed by atoms with Gasteiger partial charge in [0.1, 0.15) is 5.75 Å². The third-order valence-electron chi connectivity index (χ3n) is 6.43. The second-order valence-corrected chi connectivity index (χ2v) is 9.98. The van der Waals surface area contributed by atoms with E-state index >= 15 is 0 Å². The Morgan fingerprint density at radius 2 is 1.84 bits per heavy atom. The molecule has 0 aliphatic carbocycles. The first-order valence-electron chi connectivity index (χ1n) is 11.8. The van der Waals surface area contributed by atoms with Crippen molar-refractivity contribution in [1.29, 1.82) is 0 Å². The van der Waals surface area contributed by atoms with E-state index in [-0.39, 0.29) is 11.5 Å². The summed E-state index contributed by atoms with van der Waals surface area (Å²) in [7, 11) is 3.45. The molecule has 2 aromatic heterocycles. The number of ether oxygens (including phenoxy) is 1. The molecular formula is C28H27N5O3S. The smallest absolute Gasteiger partial charge is 0.271 e. The van der Waals surface area contributed by atoms with Gasteiger partial charge in [-0.3, -0.25) is 18.8 Å². The van der Waals surface area contributed by atoms with Crippen molar-refractivity contribution in [1.82, 2.24) is 14.3 Å². The van der Waals surface area contributed by atoms with Crippen LogP contribution in [-0.4, -0.2) is 27.4 Å². The van der Waals surface area contributed by atoms with Crippen molar-refractivity contribution in [3.05, 3.63) is 108 Å². The van der Waals surface area contributed by atoms with Gasteiger partial charge in [-0.25, -0.2) is 4.99 Å². The molecule has 2 aromatic carbocycles. The van der Waals surface area contributed by atoms with E-state index in [4.69, 9.17) is 9.73 Å². The molecule has 0 radical (unpaired) electrons. The Labute approximate surface area is 217 Å². The summed E-state index contributed by atoms with van der Waals surface area (Å²) in [5.41, 5.74) is 4.92. The number of anilines is 1. The number of rotatable bonds is 5. The topological polar surface area (TPSA) is 90.5 Å². The van der Waals surface area contributed by atoms with Crippen molar-refractivity contribution in [2.75, 3.05) is 12.4 Å². The van der Waals surface area contributed by atoms with Crippen LogP contribution in [0.15, 0.2) is 75.8 Å². The molecule has 1 amide bonds. The Morgan fingerprint density at radius 1 is 1.11 bits per heavy atom. The number of carbonyl (C=O) groups is 1. The Bertz CT molecular complexity index is 1720. The SMILES string of the molecule is COc1ccc(C2C(C(=O)Nc3ccccc3C)=C(C)N=c3sc(=Cc4cn(C)nc4C)c(=O)n32)cc1. The highest BCUT2D eigenvalue weighted by Crippen LogP contribution is 2.32. The lowest BCUT2D eigenvalue weighted by molar-refractivity contribution is -0.113. The number of hydrogen-bond acceptors (Lipinski definition) is 6. The maximum Gasteiger partial charge on any atom is 0.271 e. The molecule has 1 aliphatic rings. The molecule has 0 spiro atoms. The minimum atomic E-state index is -0.650. The average Bonchev–Trinajstić information content (AvgIpc) is 3.36. The number of carbonyl (C=O) groups excluding carboxylic acids is 1. The number of aryl methyl sites for hydroxylation is 3. The first-order valence-corrected chi connectivity index (χ1v) is 12.6. The molecule has 1 aliphatic heterocycles. The highest BCUT2D eigenvalue weighted by Gasteiger charge is 2.32. The largest absolute Gasteiger partial charge is 0.497 e. The molecule has 1 unspecified atom stereocenters. The lowest BCUT2D eigenvalue weighted by atomic mass is 9.95. The third-order valence-corrected chi connectivity index (χ3v) is 7.41. The van der Waals surface area contributed by atoms with Gasteiger partial charge in [-0.2, -0.15) is 5.10 Å². The molecule has 8 nitrogen and oxygen atoms in total. The number of nitrogens with one attached hydrogen (secondary N) is 1. The van der Waals surface area contributed by atoms with Crippen LogP contribution >= 0.6 is 11.3 Å². The van der Waals surface area contributed by atoms with E-state index in [9.17, 15) is 9.59 Å². The van der Waals surface area contributed by atoms with Gasteiger partial charge >= 0.3 is 0 Å². The quantitative estimate of drug-likeness (QED) is 0.444. The number of thiazole rings is 1. The number of fused-ring (bicyclic) bond motifs is 1. The monoisotopic (exact) mass is 513 g/mol. The maximum absolute atomic E-state index is 13.8. The number of allylic oxidation sites excluding steroid dienone is 1. The molecule has 1 N–H and O–H groups in total. The summed E-state index contributed by atoms with van der Waals surface area (Å²) < 4.78 is 9.19. The van der Waals surface area contributed by atoms with Crippen molar-refractivity contribution >= 4 is 29.0 Å². The fourth-order valence-corrected chi connectivity index (χ4v) is 5.55. The van der Waals surface area contributed by atoms with Crippen LogP contribution in [0.25, 0.3) is 6.08 Å². The Balaban J connectivity index is 1.68. The van der Waals surface area contributed by atoms with Crippen molar-refractivity contribution < 1.29 is 9.53 Å². The predicted molar refractivity (Wildman–Crippen MR) is 145 cm³/mol. The molecule has 37 heavy (non-hydrogen) atoms. The van der Waals surface area contributed by atoms with E-state index in [1.807, 2.05) is 88.6 Å². The van der Waals surface area contributed by atoms with Gasteiger partial charge in [-0.05, 0) is 56.2 Å². The van der Waals surface area contributed by atoms with Crippen molar-refractivity contribution in [3.63, 3.8) is 0 Å². The number of aromatic nitrogens is 3. The van der Waals surface area contributed by atoms with Crippen LogP contribution in [0, 0.1) is 13.8 Å². The highest BCUT2D eigenvalue weighted by molar-refractivity contribution is 7.07. The minimum absolute atomic E-state index is 0.207. The van der Waals surface area contributed by atoms with Gasteiger partial charge in [0.15, 0.2) is 4.80 Å². The molecule has 4 aromatic rings. The van der Waals surface area contributed by atoms with Gasteiger partial charge in [0, 0.05) is 24.5 Å². The predicted octanol–water partition coefficient (Wildman–Crippen LogP) is 3.23. The molecule has 9 heteroatoms. The summed E-state index contributed by atoms with van der Waals surface area (Å²) >= 11 is 1.31. The van der Waals surface area contributed by atoms with Gasteiger partial charge in [0.2, 0.25) is 0 Å². The van der Waals surface area contributed by atoms with E-state index in [1.165, 1.54) is 11.3 Å². The molecule has 188 valence electrons. The second-order valence-electron chi connectivity index (χ2n) is 8.97. The third kappa shape index (κ3) is 4.53. The molecular weight excluding hydrogens is 486 g/mol. The zero-order valence-electron chi connectivity index (χ0n) is 21.3. The van der Waals surface area contributed by atoms with Crippen LogP contribution in [0.5, 0.6) is 5.75 Å². The fourth-order valence-electron chi connectivity index (χ4n) is 4.52. The first-order chi connectivity index (χ1) is 17.8. The molecule has 5 rings (SSSR count). The van der Waals surface area contributed by atoms with Crippen molar-refractivity contribution in [3.8, 4) is 5.75 Å². The van der Waals surface area contributed by atoms with Crippen LogP contribution in [0.1, 0.15) is 35.3 Å². The maximum atomic E-state index is 13.8. The molecule has 0 bridgehead atoms. The molecule has 3 heterocycles. The molecule has 0 saturated heterocycles. The minimum Gasteiger partial charge on any atom is -0.497 e. The Morgan fingerprint density at radius 3 is 2.49 bits per heavy atom. The van der Waals surface area contributed by atoms with Crippen LogP contribution < -0.4 is 24.9 Å². The summed E-state index contributed by atoms with van der Waals surface area (Å²) in [5.74, 6) is 0.392. The summed E-state index contributed by atoms with van der Waals surface area (Å²) in [6, 6.07) is 14.4. The van der Waals surface area contributed by atoms with Crippen LogP contribution in [0.4, 0.5) is 5.69 Å². The summed E-state index contributed by atoms with van der Waals surface area (Å²) in [4.78, 5) is 32.8. The number of amides is 1. The number of methoxy groups -OCH3 is 1. The number of para-hydroxylation sites is 1. The summed E-state index contributed by atoms with van der Waals surface area (Å²) in [5, 5.41) is 7.40. The van der Waals surface area contributed by atoms with Gasteiger partial charge < -0.3 is 10.1 Å².